The Morgan fingerprint density at radius 3 is 2.55 bits per heavy atom. The van der Waals surface area contributed by atoms with Crippen molar-refractivity contribution in [2.75, 3.05) is 65.7 Å². The molecular formula is C32H51N3O7. The first kappa shape index (κ1) is 32.6. The van der Waals surface area contributed by atoms with Gasteiger partial charge in [0.15, 0.2) is 0 Å². The maximum atomic E-state index is 14.5. The minimum absolute atomic E-state index is 0.137. The normalized spacial score (nSPS) is 30.4. The lowest BCUT2D eigenvalue weighted by Gasteiger charge is -2.37. The molecule has 0 aromatic rings. The van der Waals surface area contributed by atoms with E-state index in [0.29, 0.717) is 77.9 Å². The van der Waals surface area contributed by atoms with E-state index in [4.69, 9.17) is 14.2 Å². The summed E-state index contributed by atoms with van der Waals surface area (Å²) in [5, 5.41) is 9.19. The highest BCUT2D eigenvalue weighted by atomic mass is 16.6. The summed E-state index contributed by atoms with van der Waals surface area (Å²) in [6, 6.07) is -0.801. The molecule has 4 heterocycles. The van der Waals surface area contributed by atoms with Crippen LogP contribution in [0.1, 0.15) is 64.7 Å². The number of nitrogens with zero attached hydrogens (tertiary/aromatic N) is 3. The molecular weight excluding hydrogens is 538 g/mol. The average Bonchev–Trinajstić information content (AvgIpc) is 3.61. The van der Waals surface area contributed by atoms with E-state index >= 15 is 0 Å². The Morgan fingerprint density at radius 1 is 1.10 bits per heavy atom. The van der Waals surface area contributed by atoms with E-state index in [1.54, 1.807) is 22.0 Å². The maximum absolute atomic E-state index is 14.5. The number of hydrogen-bond acceptors (Lipinski definition) is 8. The van der Waals surface area contributed by atoms with Gasteiger partial charge >= 0.3 is 5.97 Å². The van der Waals surface area contributed by atoms with Crippen LogP contribution in [0.3, 0.4) is 0 Å². The summed E-state index contributed by atoms with van der Waals surface area (Å²) >= 11 is 0. The number of likely N-dealkylation sites (tertiary alicyclic amines) is 1. The van der Waals surface area contributed by atoms with Crippen LogP contribution >= 0.6 is 0 Å². The van der Waals surface area contributed by atoms with Gasteiger partial charge in [0, 0.05) is 45.9 Å². The van der Waals surface area contributed by atoms with E-state index in [0.717, 1.165) is 32.4 Å². The molecule has 4 saturated heterocycles. The molecule has 0 aliphatic carbocycles. The highest BCUT2D eigenvalue weighted by Gasteiger charge is 2.79. The van der Waals surface area contributed by atoms with Crippen molar-refractivity contribution < 1.29 is 33.7 Å². The Morgan fingerprint density at radius 2 is 1.86 bits per heavy atom. The fourth-order valence-corrected chi connectivity index (χ4v) is 7.54. The standard InChI is InChI=1S/C32H51N3O7/c1-4-7-12-22-41-30(39)26-25-28(37)35(16-10-8-9-11-21-36)27(32(25)14-13-31(26,6-3)42-32)29(38)34(15-5-2)18-17-33-19-23-40-24-20-33/h4-5,25-27,36H,1-2,6-24H2,3H3/t25-,26-,27?,31+,32?/m0/s1. The van der Waals surface area contributed by atoms with Gasteiger partial charge in [0.2, 0.25) is 11.8 Å². The number of carbonyl (C=O) groups excluding carboxylic acids is 3. The van der Waals surface area contributed by atoms with Crippen LogP contribution in [-0.4, -0.2) is 121 Å². The molecule has 4 aliphatic heterocycles. The van der Waals surface area contributed by atoms with Crippen molar-refractivity contribution in [3.05, 3.63) is 25.3 Å². The van der Waals surface area contributed by atoms with Gasteiger partial charge in [-0.25, -0.2) is 0 Å². The Bertz CT molecular complexity index is 970. The van der Waals surface area contributed by atoms with Gasteiger partial charge in [-0.15, -0.1) is 13.2 Å². The molecule has 10 heteroatoms. The van der Waals surface area contributed by atoms with Crippen molar-refractivity contribution in [2.45, 2.75) is 82.0 Å². The van der Waals surface area contributed by atoms with Crippen LogP contribution in [0.5, 0.6) is 0 Å². The fourth-order valence-electron chi connectivity index (χ4n) is 7.54. The Balaban J connectivity index is 1.61. The number of esters is 1. The van der Waals surface area contributed by atoms with Crippen molar-refractivity contribution in [2.24, 2.45) is 11.8 Å². The Labute approximate surface area is 251 Å². The van der Waals surface area contributed by atoms with Crippen LogP contribution in [-0.2, 0) is 28.6 Å². The minimum atomic E-state index is -1.06. The number of carbonyl (C=O) groups is 3. The number of amides is 2. The SMILES string of the molecule is C=CCCCOC(=O)[C@@H]1[C@H]2C(=O)N(CCCCCCO)C(C(=O)N(CC=C)CCN3CCOCC3)C23CC[C@@]1(CC)O3. The smallest absolute Gasteiger partial charge is 0.312 e. The molecule has 4 fully saturated rings. The van der Waals surface area contributed by atoms with Crippen molar-refractivity contribution in [1.82, 2.24) is 14.7 Å². The molecule has 4 aliphatic rings. The highest BCUT2D eigenvalue weighted by molar-refractivity contribution is 5.98. The summed E-state index contributed by atoms with van der Waals surface area (Å²) in [5.74, 6) is -2.18. The van der Waals surface area contributed by atoms with Gasteiger partial charge in [-0.3, -0.25) is 19.3 Å². The van der Waals surface area contributed by atoms with Gasteiger partial charge in [0.25, 0.3) is 0 Å². The molecule has 1 spiro atoms. The molecule has 4 rings (SSSR count). The molecule has 2 amide bonds. The van der Waals surface area contributed by atoms with Crippen LogP contribution in [0.25, 0.3) is 0 Å². The first-order valence-electron chi connectivity index (χ1n) is 16.0. The Hall–Kier alpha value is -2.27. The number of rotatable bonds is 18. The molecule has 1 N–H and O–H groups in total. The molecule has 2 bridgehead atoms. The quantitative estimate of drug-likeness (QED) is 0.148. The van der Waals surface area contributed by atoms with Gasteiger partial charge in [-0.05, 0) is 44.9 Å². The van der Waals surface area contributed by atoms with Crippen LogP contribution in [0.2, 0.25) is 0 Å². The van der Waals surface area contributed by atoms with Gasteiger partial charge in [-0.2, -0.15) is 0 Å². The van der Waals surface area contributed by atoms with E-state index in [2.05, 4.69) is 18.1 Å². The number of aliphatic hydroxyl groups is 1. The molecule has 5 atom stereocenters. The first-order valence-corrected chi connectivity index (χ1v) is 16.0. The third-order valence-electron chi connectivity index (χ3n) is 9.72. The number of unbranched alkanes of at least 4 members (excludes halogenated alkanes) is 4. The number of hydrogen-bond donors (Lipinski definition) is 1. The fraction of sp³-hybridized carbons (Fsp3) is 0.781. The van der Waals surface area contributed by atoms with Crippen LogP contribution in [0.15, 0.2) is 25.3 Å². The summed E-state index contributed by atoms with van der Waals surface area (Å²) in [7, 11) is 0. The molecule has 0 saturated carbocycles. The molecule has 2 unspecified atom stereocenters. The zero-order chi connectivity index (χ0) is 30.2. The largest absolute Gasteiger partial charge is 0.465 e. The molecule has 10 nitrogen and oxygen atoms in total. The zero-order valence-electron chi connectivity index (χ0n) is 25.5. The maximum Gasteiger partial charge on any atom is 0.312 e. The molecule has 0 radical (unpaired) electrons. The monoisotopic (exact) mass is 589 g/mol. The predicted octanol–water partition coefficient (Wildman–Crippen LogP) is 2.55. The summed E-state index contributed by atoms with van der Waals surface area (Å²) in [6.07, 6.45) is 9.78. The third-order valence-corrected chi connectivity index (χ3v) is 9.72. The topological polar surface area (TPSA) is 109 Å². The van der Waals surface area contributed by atoms with E-state index in [-0.39, 0.29) is 25.0 Å². The molecule has 236 valence electrons. The lowest BCUT2D eigenvalue weighted by Crippen LogP contribution is -2.57. The van der Waals surface area contributed by atoms with Crippen LogP contribution < -0.4 is 0 Å². The summed E-state index contributed by atoms with van der Waals surface area (Å²) < 4.78 is 18.1. The first-order chi connectivity index (χ1) is 20.4. The number of morpholine rings is 1. The lowest BCUT2D eigenvalue weighted by atomic mass is 9.65. The zero-order valence-corrected chi connectivity index (χ0v) is 25.5. The van der Waals surface area contributed by atoms with Crippen molar-refractivity contribution in [1.29, 1.82) is 0 Å². The van der Waals surface area contributed by atoms with Gasteiger partial charge in [0.1, 0.15) is 17.6 Å². The minimum Gasteiger partial charge on any atom is -0.465 e. The summed E-state index contributed by atoms with van der Waals surface area (Å²) in [6.45, 7) is 15.0. The summed E-state index contributed by atoms with van der Waals surface area (Å²) in [4.78, 5) is 48.3. The molecule has 0 aromatic heterocycles. The van der Waals surface area contributed by atoms with Gasteiger partial charge in [0.05, 0.1) is 31.3 Å². The molecule has 42 heavy (non-hydrogen) atoms. The van der Waals surface area contributed by atoms with E-state index < -0.39 is 35.0 Å². The third kappa shape index (κ3) is 6.47. The van der Waals surface area contributed by atoms with Crippen molar-refractivity contribution >= 4 is 17.8 Å². The van der Waals surface area contributed by atoms with Gasteiger partial charge < -0.3 is 29.1 Å². The van der Waals surface area contributed by atoms with E-state index in [1.165, 1.54) is 0 Å². The molecule has 0 aromatic carbocycles. The lowest BCUT2D eigenvalue weighted by molar-refractivity contribution is -0.162. The number of ether oxygens (including phenoxy) is 3. The Kier molecular flexibility index (Phi) is 11.6. The van der Waals surface area contributed by atoms with E-state index in [9.17, 15) is 19.5 Å². The highest BCUT2D eigenvalue weighted by Crippen LogP contribution is 2.64. The second kappa shape index (κ2) is 14.9. The predicted molar refractivity (Wildman–Crippen MR) is 159 cm³/mol. The van der Waals surface area contributed by atoms with E-state index in [1.807, 2.05) is 6.92 Å². The number of allylic oxidation sites excluding steroid dienone is 1. The summed E-state index contributed by atoms with van der Waals surface area (Å²) in [5.41, 5.74) is -1.86. The van der Waals surface area contributed by atoms with Crippen LogP contribution in [0, 0.1) is 11.8 Å². The second-order valence-electron chi connectivity index (χ2n) is 12.1. The van der Waals surface area contributed by atoms with Gasteiger partial charge in [-0.1, -0.05) is 31.9 Å². The van der Waals surface area contributed by atoms with Crippen molar-refractivity contribution in [3.8, 4) is 0 Å². The van der Waals surface area contributed by atoms with Crippen LogP contribution in [0.4, 0.5) is 0 Å². The second-order valence-corrected chi connectivity index (χ2v) is 12.1. The van der Waals surface area contributed by atoms with Crippen molar-refractivity contribution in [3.63, 3.8) is 0 Å². The number of fused-ring (bicyclic) bond motifs is 1. The average molecular weight is 590 g/mol. The number of aliphatic hydroxyl groups excluding tert-OH is 1.